The highest BCUT2D eigenvalue weighted by Gasteiger charge is 2.33. The summed E-state index contributed by atoms with van der Waals surface area (Å²) in [5.41, 5.74) is -0.194. The van der Waals surface area contributed by atoms with Crippen LogP contribution in [0.15, 0.2) is 24.5 Å². The lowest BCUT2D eigenvalue weighted by Crippen LogP contribution is -2.11. The summed E-state index contributed by atoms with van der Waals surface area (Å²) >= 11 is 6.80. The standard InChI is InChI=1S/C18H15ClF3N3O2S/c1-8(2)27-17(26)14-9(3)13-15(23-7-24-16(13)28-14)25-10-4-5-12(19)11(6-10)18(20,21)22/h4-8H,1-3H3,(H,23,24,25). The number of nitrogens with one attached hydrogen (secondary N) is 1. The monoisotopic (exact) mass is 429 g/mol. The highest BCUT2D eigenvalue weighted by atomic mass is 35.5. The van der Waals surface area contributed by atoms with Crippen molar-refractivity contribution in [2.75, 3.05) is 5.32 Å². The van der Waals surface area contributed by atoms with E-state index in [-0.39, 0.29) is 17.6 Å². The Morgan fingerprint density at radius 3 is 2.64 bits per heavy atom. The molecule has 1 aromatic carbocycles. The Hall–Kier alpha value is -2.39. The maximum absolute atomic E-state index is 13.1. The van der Waals surface area contributed by atoms with E-state index in [1.807, 2.05) is 0 Å². The normalized spacial score (nSPS) is 11.9. The van der Waals surface area contributed by atoms with Crippen LogP contribution < -0.4 is 5.32 Å². The van der Waals surface area contributed by atoms with Crippen molar-refractivity contribution < 1.29 is 22.7 Å². The molecule has 0 atom stereocenters. The first-order valence-electron chi connectivity index (χ1n) is 8.16. The van der Waals surface area contributed by atoms with Crippen molar-refractivity contribution >= 4 is 50.6 Å². The number of fused-ring (bicyclic) bond motifs is 1. The molecule has 28 heavy (non-hydrogen) atoms. The fourth-order valence-electron chi connectivity index (χ4n) is 2.59. The zero-order chi connectivity index (χ0) is 20.6. The Labute approximate surface area is 167 Å². The van der Waals surface area contributed by atoms with Gasteiger partial charge in [-0.25, -0.2) is 14.8 Å². The number of rotatable bonds is 4. The van der Waals surface area contributed by atoms with Crippen LogP contribution in [-0.4, -0.2) is 22.0 Å². The van der Waals surface area contributed by atoms with Crippen molar-refractivity contribution in [3.05, 3.63) is 45.6 Å². The number of ether oxygens (including phenoxy) is 1. The first-order chi connectivity index (χ1) is 13.1. The molecule has 0 unspecified atom stereocenters. The quantitative estimate of drug-likeness (QED) is 0.517. The van der Waals surface area contributed by atoms with Crippen LogP contribution >= 0.6 is 22.9 Å². The van der Waals surface area contributed by atoms with Gasteiger partial charge in [0.25, 0.3) is 0 Å². The van der Waals surface area contributed by atoms with Crippen LogP contribution in [0.5, 0.6) is 0 Å². The van der Waals surface area contributed by atoms with E-state index < -0.39 is 22.7 Å². The highest BCUT2D eigenvalue weighted by molar-refractivity contribution is 7.20. The molecule has 0 aliphatic heterocycles. The van der Waals surface area contributed by atoms with Gasteiger partial charge in [0.15, 0.2) is 0 Å². The summed E-state index contributed by atoms with van der Waals surface area (Å²) in [5.74, 6) is -0.190. The number of aromatic nitrogens is 2. The summed E-state index contributed by atoms with van der Waals surface area (Å²) in [6.07, 6.45) is -3.59. The van der Waals surface area contributed by atoms with Crippen molar-refractivity contribution in [3.8, 4) is 0 Å². The lowest BCUT2D eigenvalue weighted by atomic mass is 10.1. The fourth-order valence-corrected chi connectivity index (χ4v) is 3.84. The molecule has 3 aromatic rings. The average molecular weight is 430 g/mol. The molecule has 0 spiro atoms. The first kappa shape index (κ1) is 20.3. The number of nitrogens with zero attached hydrogens (tertiary/aromatic N) is 2. The van der Waals surface area contributed by atoms with Gasteiger partial charge in [0.2, 0.25) is 0 Å². The highest BCUT2D eigenvalue weighted by Crippen LogP contribution is 2.38. The number of esters is 1. The molecule has 0 aliphatic carbocycles. The minimum absolute atomic E-state index is 0.161. The number of carbonyl (C=O) groups excluding carboxylic acids is 1. The number of thiophene rings is 1. The van der Waals surface area contributed by atoms with Gasteiger partial charge in [-0.3, -0.25) is 0 Å². The van der Waals surface area contributed by atoms with Crippen molar-refractivity contribution in [2.45, 2.75) is 33.1 Å². The summed E-state index contributed by atoms with van der Waals surface area (Å²) in [4.78, 5) is 21.5. The maximum atomic E-state index is 13.1. The second kappa shape index (κ2) is 7.56. The van der Waals surface area contributed by atoms with Gasteiger partial charge in [0, 0.05) is 5.69 Å². The molecule has 0 bridgehead atoms. The molecule has 0 fully saturated rings. The van der Waals surface area contributed by atoms with Gasteiger partial charge in [0.05, 0.1) is 22.1 Å². The molecule has 0 radical (unpaired) electrons. The second-order valence-corrected chi connectivity index (χ2v) is 7.64. The fraction of sp³-hybridized carbons (Fsp3) is 0.278. The SMILES string of the molecule is Cc1c(C(=O)OC(C)C)sc2ncnc(Nc3ccc(Cl)c(C(F)(F)F)c3)c12. The summed E-state index contributed by atoms with van der Waals surface area (Å²) < 4.78 is 44.5. The van der Waals surface area contributed by atoms with Crippen LogP contribution in [0.1, 0.15) is 34.6 Å². The molecule has 0 saturated heterocycles. The van der Waals surface area contributed by atoms with Crippen LogP contribution in [0.3, 0.4) is 0 Å². The van der Waals surface area contributed by atoms with E-state index in [2.05, 4.69) is 15.3 Å². The van der Waals surface area contributed by atoms with Crippen LogP contribution in [-0.2, 0) is 10.9 Å². The molecule has 5 nitrogen and oxygen atoms in total. The van der Waals surface area contributed by atoms with E-state index in [1.165, 1.54) is 12.4 Å². The van der Waals surface area contributed by atoms with Gasteiger partial charge >= 0.3 is 12.1 Å². The van der Waals surface area contributed by atoms with Gasteiger partial charge < -0.3 is 10.1 Å². The predicted molar refractivity (Wildman–Crippen MR) is 102 cm³/mol. The number of benzene rings is 1. The molecular formula is C18H15ClF3N3O2S. The van der Waals surface area contributed by atoms with Crippen LogP contribution in [0.2, 0.25) is 5.02 Å². The molecule has 0 amide bonds. The lowest BCUT2D eigenvalue weighted by molar-refractivity contribution is -0.137. The topological polar surface area (TPSA) is 64.1 Å². The number of carbonyl (C=O) groups is 1. The van der Waals surface area contributed by atoms with Crippen LogP contribution in [0.25, 0.3) is 10.2 Å². The van der Waals surface area contributed by atoms with Crippen molar-refractivity contribution in [1.82, 2.24) is 9.97 Å². The van der Waals surface area contributed by atoms with Crippen molar-refractivity contribution in [2.24, 2.45) is 0 Å². The molecule has 0 saturated carbocycles. The number of hydrogen-bond acceptors (Lipinski definition) is 6. The number of aryl methyl sites for hydroxylation is 1. The molecule has 10 heteroatoms. The minimum atomic E-state index is -4.58. The van der Waals surface area contributed by atoms with E-state index in [9.17, 15) is 18.0 Å². The smallest absolute Gasteiger partial charge is 0.417 e. The number of alkyl halides is 3. The zero-order valence-electron chi connectivity index (χ0n) is 15.0. The summed E-state index contributed by atoms with van der Waals surface area (Å²) in [7, 11) is 0. The third-order valence-electron chi connectivity index (χ3n) is 3.79. The van der Waals surface area contributed by atoms with E-state index >= 15 is 0 Å². The number of anilines is 2. The first-order valence-corrected chi connectivity index (χ1v) is 9.36. The Balaban J connectivity index is 2.03. The van der Waals surface area contributed by atoms with Crippen LogP contribution in [0.4, 0.5) is 24.7 Å². The van der Waals surface area contributed by atoms with E-state index in [0.29, 0.717) is 20.7 Å². The Bertz CT molecular complexity index is 1050. The molecule has 2 heterocycles. The summed E-state index contributed by atoms with van der Waals surface area (Å²) in [6, 6.07) is 3.49. The van der Waals surface area contributed by atoms with E-state index in [1.54, 1.807) is 20.8 Å². The molecule has 148 valence electrons. The number of hydrogen-bond donors (Lipinski definition) is 1. The molecule has 0 aliphatic rings. The van der Waals surface area contributed by atoms with Gasteiger partial charge in [-0.2, -0.15) is 13.2 Å². The Kier molecular flexibility index (Phi) is 5.49. The molecule has 3 rings (SSSR count). The van der Waals surface area contributed by atoms with Gasteiger partial charge in [-0.15, -0.1) is 11.3 Å². The van der Waals surface area contributed by atoms with Gasteiger partial charge in [0.1, 0.15) is 21.9 Å². The average Bonchev–Trinajstić information content (AvgIpc) is 2.93. The third-order valence-corrected chi connectivity index (χ3v) is 5.30. The molecule has 1 N–H and O–H groups in total. The van der Waals surface area contributed by atoms with Crippen molar-refractivity contribution in [1.29, 1.82) is 0 Å². The lowest BCUT2D eigenvalue weighted by Gasteiger charge is -2.12. The minimum Gasteiger partial charge on any atom is -0.459 e. The summed E-state index contributed by atoms with van der Waals surface area (Å²) in [5, 5.41) is 3.02. The number of halogens is 4. The third kappa shape index (κ3) is 4.05. The maximum Gasteiger partial charge on any atom is 0.417 e. The van der Waals surface area contributed by atoms with E-state index in [4.69, 9.17) is 16.3 Å². The molecular weight excluding hydrogens is 415 g/mol. The van der Waals surface area contributed by atoms with Gasteiger partial charge in [-0.05, 0) is 44.5 Å². The zero-order valence-corrected chi connectivity index (χ0v) is 16.6. The second-order valence-electron chi connectivity index (χ2n) is 6.23. The summed E-state index contributed by atoms with van der Waals surface area (Å²) in [6.45, 7) is 5.20. The van der Waals surface area contributed by atoms with E-state index in [0.717, 1.165) is 23.5 Å². The Morgan fingerprint density at radius 2 is 2.00 bits per heavy atom. The predicted octanol–water partition coefficient (Wildman–Crippen LogP) is 5.98. The van der Waals surface area contributed by atoms with Crippen molar-refractivity contribution in [3.63, 3.8) is 0 Å². The Morgan fingerprint density at radius 1 is 1.29 bits per heavy atom. The van der Waals surface area contributed by atoms with Gasteiger partial charge in [-0.1, -0.05) is 11.6 Å². The van der Waals surface area contributed by atoms with Crippen LogP contribution in [0, 0.1) is 6.92 Å². The largest absolute Gasteiger partial charge is 0.459 e. The molecule has 2 aromatic heterocycles.